The van der Waals surface area contributed by atoms with Crippen molar-refractivity contribution in [2.24, 2.45) is 0 Å². The Morgan fingerprint density at radius 3 is 2.58 bits per heavy atom. The molecule has 0 bridgehead atoms. The van der Waals surface area contributed by atoms with Crippen LogP contribution in [-0.4, -0.2) is 13.9 Å². The molecule has 6 heteroatoms. The molecule has 0 unspecified atom stereocenters. The Morgan fingerprint density at radius 1 is 1.00 bits per heavy atom. The summed E-state index contributed by atoms with van der Waals surface area (Å²) in [7, 11) is 0. The summed E-state index contributed by atoms with van der Waals surface area (Å²) >= 11 is 5.20. The summed E-state index contributed by atoms with van der Waals surface area (Å²) in [5.74, 6) is 0.265. The van der Waals surface area contributed by atoms with Crippen molar-refractivity contribution in [2.75, 3.05) is 5.73 Å². The molecule has 0 spiro atoms. The second kappa shape index (κ2) is 6.30. The van der Waals surface area contributed by atoms with Gasteiger partial charge in [0, 0.05) is 28.2 Å². The molecule has 0 aliphatic rings. The lowest BCUT2D eigenvalue weighted by molar-refractivity contribution is 1.17. The first-order valence-corrected chi connectivity index (χ1v) is 8.91. The van der Waals surface area contributed by atoms with Gasteiger partial charge >= 0.3 is 0 Å². The van der Waals surface area contributed by atoms with E-state index in [1.54, 1.807) is 18.1 Å². The molecule has 24 heavy (non-hydrogen) atoms. The number of hydrogen-bond donors (Lipinski definition) is 1. The molecule has 0 atom stereocenters. The van der Waals surface area contributed by atoms with Crippen LogP contribution in [0.4, 0.5) is 5.95 Å². The largest absolute Gasteiger partial charge is 0.368 e. The Balaban J connectivity index is 1.90. The van der Waals surface area contributed by atoms with Crippen LogP contribution >= 0.6 is 27.9 Å². The summed E-state index contributed by atoms with van der Waals surface area (Å²) in [6.45, 7) is 0. The van der Waals surface area contributed by atoms with Crippen LogP contribution in [0.5, 0.6) is 0 Å². The average molecular weight is 397 g/mol. The molecule has 0 aliphatic carbocycles. The number of anilines is 1. The first-order valence-electron chi connectivity index (χ1n) is 7.34. The van der Waals surface area contributed by atoms with Crippen LogP contribution in [-0.2, 0) is 0 Å². The van der Waals surface area contributed by atoms with Crippen molar-refractivity contribution < 1.29 is 0 Å². The van der Waals surface area contributed by atoms with Crippen molar-refractivity contribution in [3.63, 3.8) is 0 Å². The highest BCUT2D eigenvalue weighted by Gasteiger charge is 2.15. The predicted octanol–water partition coefficient (Wildman–Crippen LogP) is 5.00. The third kappa shape index (κ3) is 2.79. The van der Waals surface area contributed by atoms with Gasteiger partial charge in [-0.2, -0.15) is 0 Å². The maximum Gasteiger partial charge on any atom is 0.220 e. The molecule has 0 radical (unpaired) electrons. The molecule has 2 aromatic heterocycles. The highest BCUT2D eigenvalue weighted by molar-refractivity contribution is 9.10. The third-order valence-electron chi connectivity index (χ3n) is 3.64. The number of benzene rings is 2. The van der Waals surface area contributed by atoms with E-state index in [1.165, 1.54) is 4.90 Å². The standard InChI is InChI=1S/C18H13BrN4S/c19-15-10-21-18(20)22-17(15)14-11-23(16-9-5-4-8-13(14)16)24-12-6-2-1-3-7-12/h1-11H,(H2,20,21,22). The monoisotopic (exact) mass is 396 g/mol. The van der Waals surface area contributed by atoms with Gasteiger partial charge in [0.1, 0.15) is 0 Å². The predicted molar refractivity (Wildman–Crippen MR) is 103 cm³/mol. The minimum absolute atomic E-state index is 0.265. The first kappa shape index (κ1) is 15.2. The number of aromatic nitrogens is 3. The van der Waals surface area contributed by atoms with Crippen LogP contribution in [0.2, 0.25) is 0 Å². The van der Waals surface area contributed by atoms with E-state index in [0.29, 0.717) is 0 Å². The van der Waals surface area contributed by atoms with E-state index in [1.807, 2.05) is 30.3 Å². The van der Waals surface area contributed by atoms with Gasteiger partial charge in [-0.3, -0.25) is 3.97 Å². The fraction of sp³-hybridized carbons (Fsp3) is 0. The van der Waals surface area contributed by atoms with Crippen molar-refractivity contribution in [2.45, 2.75) is 4.90 Å². The van der Waals surface area contributed by atoms with Gasteiger partial charge in [-0.05, 0) is 46.1 Å². The number of rotatable bonds is 3. The van der Waals surface area contributed by atoms with Crippen molar-refractivity contribution in [3.05, 3.63) is 71.5 Å². The molecular formula is C18H13BrN4S. The van der Waals surface area contributed by atoms with E-state index in [4.69, 9.17) is 5.73 Å². The zero-order valence-electron chi connectivity index (χ0n) is 12.6. The lowest BCUT2D eigenvalue weighted by Crippen LogP contribution is -1.96. The van der Waals surface area contributed by atoms with E-state index in [-0.39, 0.29) is 5.95 Å². The van der Waals surface area contributed by atoms with Gasteiger partial charge in [-0.1, -0.05) is 36.4 Å². The second-order valence-electron chi connectivity index (χ2n) is 5.21. The zero-order chi connectivity index (χ0) is 16.5. The van der Waals surface area contributed by atoms with Crippen molar-refractivity contribution in [1.82, 2.24) is 13.9 Å². The van der Waals surface area contributed by atoms with Gasteiger partial charge < -0.3 is 5.73 Å². The molecule has 2 aromatic carbocycles. The molecule has 4 aromatic rings. The van der Waals surface area contributed by atoms with Crippen LogP contribution in [0.3, 0.4) is 0 Å². The number of para-hydroxylation sites is 1. The minimum Gasteiger partial charge on any atom is -0.368 e. The lowest BCUT2D eigenvalue weighted by atomic mass is 10.1. The van der Waals surface area contributed by atoms with Gasteiger partial charge in [0.05, 0.1) is 15.7 Å². The number of nitrogens with two attached hydrogens (primary N) is 1. The van der Waals surface area contributed by atoms with E-state index in [2.05, 4.69) is 60.3 Å². The van der Waals surface area contributed by atoms with E-state index >= 15 is 0 Å². The summed E-state index contributed by atoms with van der Waals surface area (Å²) in [5.41, 5.74) is 8.73. The van der Waals surface area contributed by atoms with Gasteiger partial charge in [-0.15, -0.1) is 0 Å². The number of hydrogen-bond acceptors (Lipinski definition) is 4. The summed E-state index contributed by atoms with van der Waals surface area (Å²) in [6.07, 6.45) is 3.78. The maximum atomic E-state index is 5.78. The Hall–Kier alpha value is -2.31. The summed E-state index contributed by atoms with van der Waals surface area (Å²) in [6, 6.07) is 18.6. The Labute approximate surface area is 152 Å². The first-order chi connectivity index (χ1) is 11.7. The second-order valence-corrected chi connectivity index (χ2v) is 7.12. The van der Waals surface area contributed by atoms with Crippen molar-refractivity contribution in [3.8, 4) is 11.3 Å². The summed E-state index contributed by atoms with van der Waals surface area (Å²) in [4.78, 5) is 9.61. The fourth-order valence-electron chi connectivity index (χ4n) is 2.58. The maximum absolute atomic E-state index is 5.78. The number of nitrogen functional groups attached to an aromatic ring is 1. The Bertz CT molecular complexity index is 1010. The Kier molecular flexibility index (Phi) is 4.00. The van der Waals surface area contributed by atoms with Gasteiger partial charge in [0.2, 0.25) is 5.95 Å². The van der Waals surface area contributed by atoms with Crippen LogP contribution in [0.15, 0.2) is 76.4 Å². The minimum atomic E-state index is 0.265. The number of nitrogens with zero attached hydrogens (tertiary/aromatic N) is 3. The zero-order valence-corrected chi connectivity index (χ0v) is 15.0. The quantitative estimate of drug-likeness (QED) is 0.529. The molecule has 0 amide bonds. The normalized spacial score (nSPS) is 11.0. The third-order valence-corrected chi connectivity index (χ3v) is 5.20. The van der Waals surface area contributed by atoms with Crippen LogP contribution in [0.1, 0.15) is 0 Å². The molecule has 0 saturated carbocycles. The molecule has 4 nitrogen and oxygen atoms in total. The highest BCUT2D eigenvalue weighted by atomic mass is 79.9. The molecule has 0 fully saturated rings. The van der Waals surface area contributed by atoms with Gasteiger partial charge in [0.25, 0.3) is 0 Å². The SMILES string of the molecule is Nc1ncc(Br)c(-c2cn(Sc3ccccc3)c3ccccc23)n1. The smallest absolute Gasteiger partial charge is 0.220 e. The topological polar surface area (TPSA) is 56.7 Å². The van der Waals surface area contributed by atoms with Gasteiger partial charge in [-0.25, -0.2) is 9.97 Å². The lowest BCUT2D eigenvalue weighted by Gasteiger charge is -2.03. The highest BCUT2D eigenvalue weighted by Crippen LogP contribution is 2.36. The van der Waals surface area contributed by atoms with Crippen molar-refractivity contribution in [1.29, 1.82) is 0 Å². The molecule has 0 saturated heterocycles. The Morgan fingerprint density at radius 2 is 1.75 bits per heavy atom. The molecule has 4 rings (SSSR count). The van der Waals surface area contributed by atoms with Crippen LogP contribution < -0.4 is 5.73 Å². The van der Waals surface area contributed by atoms with Crippen LogP contribution in [0.25, 0.3) is 22.2 Å². The summed E-state index contributed by atoms with van der Waals surface area (Å²) < 4.78 is 2.98. The van der Waals surface area contributed by atoms with E-state index in [9.17, 15) is 0 Å². The number of halogens is 1. The average Bonchev–Trinajstić information content (AvgIpc) is 2.97. The molecule has 2 N–H and O–H groups in total. The molecule has 2 heterocycles. The summed E-state index contributed by atoms with van der Waals surface area (Å²) in [5, 5.41) is 1.12. The number of fused-ring (bicyclic) bond motifs is 1. The molecular weight excluding hydrogens is 384 g/mol. The molecule has 0 aliphatic heterocycles. The van der Waals surface area contributed by atoms with E-state index in [0.717, 1.165) is 26.6 Å². The molecule has 118 valence electrons. The van der Waals surface area contributed by atoms with E-state index < -0.39 is 0 Å². The fourth-order valence-corrected chi connectivity index (χ4v) is 3.90. The van der Waals surface area contributed by atoms with Crippen molar-refractivity contribution >= 4 is 44.7 Å². The van der Waals surface area contributed by atoms with Crippen LogP contribution in [0, 0.1) is 0 Å². The van der Waals surface area contributed by atoms with Gasteiger partial charge in [0.15, 0.2) is 0 Å².